The molecule has 3 aromatic heterocycles. The van der Waals surface area contributed by atoms with E-state index < -0.39 is 18.2 Å². The van der Waals surface area contributed by atoms with E-state index in [0.717, 1.165) is 27.9 Å². The van der Waals surface area contributed by atoms with Gasteiger partial charge in [0, 0.05) is 48.2 Å². The van der Waals surface area contributed by atoms with Gasteiger partial charge in [0.05, 0.1) is 11.6 Å². The van der Waals surface area contributed by atoms with Gasteiger partial charge in [-0.25, -0.2) is 14.2 Å². The summed E-state index contributed by atoms with van der Waals surface area (Å²) in [6, 6.07) is 4.49. The number of aromatic nitrogens is 4. The van der Waals surface area contributed by atoms with Crippen LogP contribution in [0.25, 0.3) is 22.2 Å². The van der Waals surface area contributed by atoms with Crippen LogP contribution in [-0.2, 0) is 0 Å². The Kier molecular flexibility index (Phi) is 4.21. The van der Waals surface area contributed by atoms with Gasteiger partial charge in [-0.05, 0) is 19.1 Å². The molecule has 0 saturated carbocycles. The third-order valence-electron chi connectivity index (χ3n) is 4.32. The summed E-state index contributed by atoms with van der Waals surface area (Å²) in [6.07, 6.45) is 2.29. The van der Waals surface area contributed by atoms with Crippen LogP contribution in [0.15, 0.2) is 30.6 Å². The molecule has 8 nitrogen and oxygen atoms in total. The van der Waals surface area contributed by atoms with Crippen LogP contribution in [0.2, 0.25) is 0 Å². The van der Waals surface area contributed by atoms with Crippen molar-refractivity contribution >= 4 is 22.8 Å². The van der Waals surface area contributed by atoms with E-state index in [-0.39, 0.29) is 6.54 Å². The second-order valence-corrected chi connectivity index (χ2v) is 6.25. The lowest BCUT2D eigenvalue weighted by Gasteiger charge is -2.14. The molecule has 1 aliphatic heterocycles. The lowest BCUT2D eigenvalue weighted by Crippen LogP contribution is -2.43. The van der Waals surface area contributed by atoms with E-state index in [1.54, 1.807) is 18.5 Å². The average Bonchev–Trinajstić information content (AvgIpc) is 3.21. The van der Waals surface area contributed by atoms with E-state index in [9.17, 15) is 9.18 Å². The largest absolute Gasteiger partial charge is 0.331 e. The summed E-state index contributed by atoms with van der Waals surface area (Å²) >= 11 is 0. The quantitative estimate of drug-likeness (QED) is 0.573. The maximum atomic E-state index is 13.5. The Morgan fingerprint density at radius 1 is 1.31 bits per heavy atom. The predicted octanol–water partition coefficient (Wildman–Crippen LogP) is 1.76. The number of pyridine rings is 2. The van der Waals surface area contributed by atoms with Crippen LogP contribution < -0.4 is 16.0 Å². The summed E-state index contributed by atoms with van der Waals surface area (Å²) < 4.78 is 13.5. The van der Waals surface area contributed by atoms with Crippen molar-refractivity contribution < 1.29 is 9.18 Å². The highest BCUT2D eigenvalue weighted by molar-refractivity contribution is 5.95. The highest BCUT2D eigenvalue weighted by Crippen LogP contribution is 2.26. The minimum atomic E-state index is -1.09. The van der Waals surface area contributed by atoms with Crippen molar-refractivity contribution in [3.05, 3.63) is 36.3 Å². The normalized spacial score (nSPS) is 19.6. The first-order valence-corrected chi connectivity index (χ1v) is 8.29. The molecule has 0 radical (unpaired) electrons. The van der Waals surface area contributed by atoms with Gasteiger partial charge in [0.2, 0.25) is 0 Å². The molecule has 1 fully saturated rings. The standard InChI is InChI=1S/C17H18FN7O/c1-9-4-10(2-3-20-9)16-11-6-21-15(5-13(11)24-25-16)23-17(26)22-14-8-19-7-12(14)18/h2-6,12,14,19H,7-8H2,1H3,(H,24,25)(H2,21,22,23,26). The molecule has 4 rings (SSSR count). The van der Waals surface area contributed by atoms with Gasteiger partial charge in [-0.3, -0.25) is 15.4 Å². The molecule has 0 bridgehead atoms. The summed E-state index contributed by atoms with van der Waals surface area (Å²) in [5, 5.41) is 16.2. The number of fused-ring (bicyclic) bond motifs is 1. The van der Waals surface area contributed by atoms with E-state index in [2.05, 4.69) is 36.1 Å². The van der Waals surface area contributed by atoms with E-state index in [1.807, 2.05) is 19.1 Å². The molecule has 26 heavy (non-hydrogen) atoms. The van der Waals surface area contributed by atoms with Gasteiger partial charge in [0.1, 0.15) is 17.7 Å². The first kappa shape index (κ1) is 16.4. The van der Waals surface area contributed by atoms with Crippen molar-refractivity contribution in [2.45, 2.75) is 19.1 Å². The number of carbonyl (C=O) groups is 1. The molecule has 134 valence electrons. The number of hydrogen-bond donors (Lipinski definition) is 4. The van der Waals surface area contributed by atoms with E-state index >= 15 is 0 Å². The van der Waals surface area contributed by atoms with E-state index in [0.29, 0.717) is 12.4 Å². The van der Waals surface area contributed by atoms with Crippen LogP contribution in [0, 0.1) is 6.92 Å². The summed E-state index contributed by atoms with van der Waals surface area (Å²) in [6.45, 7) is 2.58. The number of nitrogens with zero attached hydrogens (tertiary/aromatic N) is 3. The molecule has 3 aromatic rings. The second kappa shape index (κ2) is 6.68. The Morgan fingerprint density at radius 3 is 2.96 bits per heavy atom. The Hall–Kier alpha value is -3.07. The molecule has 1 saturated heterocycles. The van der Waals surface area contributed by atoms with Gasteiger partial charge in [-0.1, -0.05) is 0 Å². The fraction of sp³-hybridized carbons (Fsp3) is 0.294. The zero-order chi connectivity index (χ0) is 18.1. The zero-order valence-corrected chi connectivity index (χ0v) is 14.1. The number of rotatable bonds is 3. The van der Waals surface area contributed by atoms with Gasteiger partial charge < -0.3 is 10.6 Å². The van der Waals surface area contributed by atoms with Crippen LogP contribution in [0.4, 0.5) is 15.0 Å². The smallest absolute Gasteiger partial charge is 0.320 e. The molecule has 0 aromatic carbocycles. The minimum absolute atomic E-state index is 0.251. The third-order valence-corrected chi connectivity index (χ3v) is 4.32. The highest BCUT2D eigenvalue weighted by Gasteiger charge is 2.28. The summed E-state index contributed by atoms with van der Waals surface area (Å²) in [5.41, 5.74) is 3.35. The molecular weight excluding hydrogens is 337 g/mol. The summed E-state index contributed by atoms with van der Waals surface area (Å²) in [7, 11) is 0. The number of amides is 2. The van der Waals surface area contributed by atoms with Crippen molar-refractivity contribution in [2.24, 2.45) is 0 Å². The maximum Gasteiger partial charge on any atom is 0.320 e. The molecular formula is C17H18FN7O. The van der Waals surface area contributed by atoms with Crippen LogP contribution in [0.3, 0.4) is 0 Å². The molecule has 2 atom stereocenters. The van der Waals surface area contributed by atoms with Crippen molar-refractivity contribution in [1.29, 1.82) is 0 Å². The number of aryl methyl sites for hydroxylation is 1. The van der Waals surface area contributed by atoms with Gasteiger partial charge in [-0.15, -0.1) is 0 Å². The maximum absolute atomic E-state index is 13.5. The highest BCUT2D eigenvalue weighted by atomic mass is 19.1. The zero-order valence-electron chi connectivity index (χ0n) is 14.1. The van der Waals surface area contributed by atoms with Crippen molar-refractivity contribution in [3.8, 4) is 11.3 Å². The fourth-order valence-electron chi connectivity index (χ4n) is 3.00. The van der Waals surface area contributed by atoms with Gasteiger partial charge in [0.15, 0.2) is 0 Å². The Labute approximate surface area is 148 Å². The first-order valence-electron chi connectivity index (χ1n) is 8.29. The van der Waals surface area contributed by atoms with Crippen LogP contribution in [0.5, 0.6) is 0 Å². The average molecular weight is 355 g/mol. The van der Waals surface area contributed by atoms with Crippen molar-refractivity contribution in [1.82, 2.24) is 30.8 Å². The minimum Gasteiger partial charge on any atom is -0.331 e. The predicted molar refractivity (Wildman–Crippen MR) is 95.6 cm³/mol. The Morgan fingerprint density at radius 2 is 2.19 bits per heavy atom. The van der Waals surface area contributed by atoms with Gasteiger partial charge >= 0.3 is 6.03 Å². The first-order chi connectivity index (χ1) is 12.6. The number of anilines is 1. The molecule has 0 spiro atoms. The second-order valence-electron chi connectivity index (χ2n) is 6.25. The summed E-state index contributed by atoms with van der Waals surface area (Å²) in [4.78, 5) is 20.5. The Bertz CT molecular complexity index is 957. The molecule has 2 amide bonds. The van der Waals surface area contributed by atoms with E-state index in [1.165, 1.54) is 0 Å². The monoisotopic (exact) mass is 355 g/mol. The third kappa shape index (κ3) is 3.21. The molecule has 4 heterocycles. The number of alkyl halides is 1. The molecule has 9 heteroatoms. The topological polar surface area (TPSA) is 108 Å². The number of urea groups is 1. The van der Waals surface area contributed by atoms with Crippen LogP contribution in [0.1, 0.15) is 5.69 Å². The molecule has 4 N–H and O–H groups in total. The molecule has 2 unspecified atom stereocenters. The SMILES string of the molecule is Cc1cc(-c2n[nH]c3cc(NC(=O)NC4CNCC4F)ncc23)ccn1. The number of nitrogens with one attached hydrogen (secondary N) is 4. The van der Waals surface area contributed by atoms with Gasteiger partial charge in [0.25, 0.3) is 0 Å². The number of hydrogen-bond acceptors (Lipinski definition) is 5. The van der Waals surface area contributed by atoms with Gasteiger partial charge in [-0.2, -0.15) is 5.10 Å². The van der Waals surface area contributed by atoms with E-state index in [4.69, 9.17) is 0 Å². The van der Waals surface area contributed by atoms with Crippen molar-refractivity contribution in [3.63, 3.8) is 0 Å². The number of carbonyl (C=O) groups excluding carboxylic acids is 1. The molecule has 0 aliphatic carbocycles. The number of aromatic amines is 1. The van der Waals surface area contributed by atoms with Crippen LogP contribution in [-0.4, -0.2) is 51.5 Å². The lowest BCUT2D eigenvalue weighted by molar-refractivity contribution is 0.239. The lowest BCUT2D eigenvalue weighted by atomic mass is 10.1. The number of H-pyrrole nitrogens is 1. The fourth-order valence-corrected chi connectivity index (χ4v) is 3.00. The Balaban J connectivity index is 1.52. The molecule has 1 aliphatic rings. The summed E-state index contributed by atoms with van der Waals surface area (Å²) in [5.74, 6) is 0.359. The van der Waals surface area contributed by atoms with Crippen LogP contribution >= 0.6 is 0 Å². The number of halogens is 1. The van der Waals surface area contributed by atoms with Crippen molar-refractivity contribution in [2.75, 3.05) is 18.4 Å².